The average Bonchev–Trinajstić information content (AvgIpc) is 2.50. The van der Waals surface area contributed by atoms with Gasteiger partial charge in [-0.3, -0.25) is 4.68 Å². The van der Waals surface area contributed by atoms with Crippen molar-refractivity contribution in [2.45, 2.75) is 46.6 Å². The van der Waals surface area contributed by atoms with E-state index in [4.69, 9.17) is 0 Å². The number of hydrogen-bond acceptors (Lipinski definition) is 1. The predicted octanol–water partition coefficient (Wildman–Crippen LogP) is 3.22. The normalized spacial score (nSPS) is 14.1. The Bertz CT molecular complexity index is 261. The van der Waals surface area contributed by atoms with Crippen LogP contribution in [0.4, 0.5) is 0 Å². The van der Waals surface area contributed by atoms with Gasteiger partial charge < -0.3 is 0 Å². The van der Waals surface area contributed by atoms with Gasteiger partial charge in [-0.2, -0.15) is 5.10 Å². The van der Waals surface area contributed by atoms with Crippen molar-refractivity contribution in [3.05, 3.63) is 18.0 Å². The summed E-state index contributed by atoms with van der Waals surface area (Å²) < 4.78 is 2.02. The van der Waals surface area contributed by atoms with E-state index in [1.807, 2.05) is 4.68 Å². The van der Waals surface area contributed by atoms with Gasteiger partial charge in [-0.1, -0.05) is 20.8 Å². The Kier molecular flexibility index (Phi) is 3.12. The van der Waals surface area contributed by atoms with Gasteiger partial charge in [0, 0.05) is 18.2 Å². The molecule has 0 saturated carbocycles. The average molecular weight is 180 g/mol. The van der Waals surface area contributed by atoms with Gasteiger partial charge in [-0.05, 0) is 25.8 Å². The SMILES string of the molecule is CC(C)C(C)c1ccn(C(C)C)n1. The first-order valence-electron chi connectivity index (χ1n) is 5.07. The minimum Gasteiger partial charge on any atom is -0.270 e. The van der Waals surface area contributed by atoms with Gasteiger partial charge >= 0.3 is 0 Å². The molecule has 1 rings (SSSR count). The highest BCUT2D eigenvalue weighted by molar-refractivity contribution is 5.06. The first kappa shape index (κ1) is 10.3. The van der Waals surface area contributed by atoms with Crippen molar-refractivity contribution in [1.82, 2.24) is 9.78 Å². The van der Waals surface area contributed by atoms with Crippen molar-refractivity contribution in [3.63, 3.8) is 0 Å². The predicted molar refractivity (Wildman–Crippen MR) is 55.9 cm³/mol. The summed E-state index contributed by atoms with van der Waals surface area (Å²) >= 11 is 0. The minimum atomic E-state index is 0.466. The number of rotatable bonds is 3. The summed E-state index contributed by atoms with van der Waals surface area (Å²) in [5.41, 5.74) is 1.21. The van der Waals surface area contributed by atoms with Crippen molar-refractivity contribution in [1.29, 1.82) is 0 Å². The smallest absolute Gasteiger partial charge is 0.0655 e. The first-order chi connectivity index (χ1) is 6.02. The fourth-order valence-corrected chi connectivity index (χ4v) is 1.22. The molecule has 0 aromatic carbocycles. The van der Waals surface area contributed by atoms with Gasteiger partial charge in [-0.25, -0.2) is 0 Å². The molecule has 0 radical (unpaired) electrons. The molecule has 2 heteroatoms. The number of hydrogen-bond donors (Lipinski definition) is 0. The molecule has 74 valence electrons. The lowest BCUT2D eigenvalue weighted by atomic mass is 9.95. The molecule has 0 fully saturated rings. The maximum absolute atomic E-state index is 4.55. The van der Waals surface area contributed by atoms with E-state index in [9.17, 15) is 0 Å². The van der Waals surface area contributed by atoms with E-state index < -0.39 is 0 Å². The summed E-state index contributed by atoms with van der Waals surface area (Å²) in [5.74, 6) is 1.22. The van der Waals surface area contributed by atoms with Crippen LogP contribution in [0.5, 0.6) is 0 Å². The molecule has 0 saturated heterocycles. The molecule has 1 unspecified atom stereocenters. The maximum Gasteiger partial charge on any atom is 0.0655 e. The van der Waals surface area contributed by atoms with E-state index >= 15 is 0 Å². The van der Waals surface area contributed by atoms with Crippen LogP contribution in [0.2, 0.25) is 0 Å². The second kappa shape index (κ2) is 3.95. The Hall–Kier alpha value is -0.790. The molecule has 2 nitrogen and oxygen atoms in total. The fourth-order valence-electron chi connectivity index (χ4n) is 1.22. The molecule has 1 atom stereocenters. The Labute approximate surface area is 81.0 Å². The second-order valence-corrected chi connectivity index (χ2v) is 4.35. The molecule has 0 bridgehead atoms. The lowest BCUT2D eigenvalue weighted by Gasteiger charge is -2.12. The van der Waals surface area contributed by atoms with E-state index in [-0.39, 0.29) is 0 Å². The van der Waals surface area contributed by atoms with Crippen molar-refractivity contribution < 1.29 is 0 Å². The van der Waals surface area contributed by atoms with Crippen LogP contribution in [0.25, 0.3) is 0 Å². The Morgan fingerprint density at radius 3 is 2.15 bits per heavy atom. The van der Waals surface area contributed by atoms with Crippen LogP contribution in [-0.2, 0) is 0 Å². The number of aromatic nitrogens is 2. The third-order valence-electron chi connectivity index (χ3n) is 2.62. The molecule has 1 heterocycles. The van der Waals surface area contributed by atoms with E-state index in [0.717, 1.165) is 0 Å². The Morgan fingerprint density at radius 1 is 1.15 bits per heavy atom. The quantitative estimate of drug-likeness (QED) is 0.698. The lowest BCUT2D eigenvalue weighted by Crippen LogP contribution is -2.06. The molecule has 0 aliphatic carbocycles. The van der Waals surface area contributed by atoms with Gasteiger partial charge in [-0.15, -0.1) is 0 Å². The van der Waals surface area contributed by atoms with Gasteiger partial charge in [0.15, 0.2) is 0 Å². The molecular formula is C11H20N2. The van der Waals surface area contributed by atoms with Crippen molar-refractivity contribution in [2.75, 3.05) is 0 Å². The highest BCUT2D eigenvalue weighted by atomic mass is 15.3. The van der Waals surface area contributed by atoms with Gasteiger partial charge in [0.2, 0.25) is 0 Å². The Balaban J connectivity index is 2.79. The van der Waals surface area contributed by atoms with Crippen LogP contribution in [0.3, 0.4) is 0 Å². The third-order valence-corrected chi connectivity index (χ3v) is 2.62. The minimum absolute atomic E-state index is 0.466. The van der Waals surface area contributed by atoms with Gasteiger partial charge in [0.25, 0.3) is 0 Å². The lowest BCUT2D eigenvalue weighted by molar-refractivity contribution is 0.486. The van der Waals surface area contributed by atoms with Crippen LogP contribution in [0.1, 0.15) is 52.3 Å². The largest absolute Gasteiger partial charge is 0.270 e. The molecule has 0 spiro atoms. The van der Waals surface area contributed by atoms with Crippen LogP contribution >= 0.6 is 0 Å². The standard InChI is InChI=1S/C11H20N2/c1-8(2)10(5)11-6-7-13(12-11)9(3)4/h6-10H,1-5H3. The van der Waals surface area contributed by atoms with Crippen molar-refractivity contribution >= 4 is 0 Å². The third kappa shape index (κ3) is 2.33. The van der Waals surface area contributed by atoms with Crippen LogP contribution < -0.4 is 0 Å². The van der Waals surface area contributed by atoms with E-state index in [1.54, 1.807) is 0 Å². The van der Waals surface area contributed by atoms with Crippen molar-refractivity contribution in [3.8, 4) is 0 Å². The summed E-state index contributed by atoms with van der Waals surface area (Å²) in [4.78, 5) is 0. The van der Waals surface area contributed by atoms with Crippen LogP contribution in [0, 0.1) is 5.92 Å². The van der Waals surface area contributed by atoms with Crippen LogP contribution in [0.15, 0.2) is 12.3 Å². The molecule has 1 aromatic heterocycles. The summed E-state index contributed by atoms with van der Waals surface area (Å²) in [6.07, 6.45) is 2.07. The molecule has 0 aliphatic rings. The zero-order chi connectivity index (χ0) is 10.0. The molecular weight excluding hydrogens is 160 g/mol. The van der Waals surface area contributed by atoms with E-state index in [2.05, 4.69) is 52.0 Å². The first-order valence-corrected chi connectivity index (χ1v) is 5.07. The topological polar surface area (TPSA) is 17.8 Å². The van der Waals surface area contributed by atoms with Crippen LogP contribution in [-0.4, -0.2) is 9.78 Å². The molecule has 0 aliphatic heterocycles. The molecule has 13 heavy (non-hydrogen) atoms. The van der Waals surface area contributed by atoms with E-state index in [1.165, 1.54) is 5.69 Å². The maximum atomic E-state index is 4.55. The molecule has 0 amide bonds. The monoisotopic (exact) mass is 180 g/mol. The fraction of sp³-hybridized carbons (Fsp3) is 0.727. The summed E-state index contributed by atoms with van der Waals surface area (Å²) in [5, 5.41) is 4.55. The van der Waals surface area contributed by atoms with Gasteiger partial charge in [0.1, 0.15) is 0 Å². The summed E-state index contributed by atoms with van der Waals surface area (Å²) in [7, 11) is 0. The van der Waals surface area contributed by atoms with E-state index in [0.29, 0.717) is 17.9 Å². The molecule has 0 N–H and O–H groups in total. The molecule has 1 aromatic rings. The summed E-state index contributed by atoms with van der Waals surface area (Å²) in [6, 6.07) is 2.60. The zero-order valence-corrected chi connectivity index (χ0v) is 9.28. The van der Waals surface area contributed by atoms with Crippen molar-refractivity contribution in [2.24, 2.45) is 5.92 Å². The van der Waals surface area contributed by atoms with Gasteiger partial charge in [0.05, 0.1) is 5.69 Å². The highest BCUT2D eigenvalue weighted by Crippen LogP contribution is 2.22. The second-order valence-electron chi connectivity index (χ2n) is 4.35. The summed E-state index contributed by atoms with van der Waals surface area (Å²) in [6.45, 7) is 11.0. The Morgan fingerprint density at radius 2 is 1.77 bits per heavy atom. The zero-order valence-electron chi connectivity index (χ0n) is 9.28. The highest BCUT2D eigenvalue weighted by Gasteiger charge is 2.13. The number of nitrogens with zero attached hydrogens (tertiary/aromatic N) is 2.